The molecule has 0 bridgehead atoms. The van der Waals surface area contributed by atoms with Crippen molar-refractivity contribution in [1.29, 1.82) is 0 Å². The minimum Gasteiger partial charge on any atom is -0.481 e. The lowest BCUT2D eigenvalue weighted by Gasteiger charge is -2.24. The van der Waals surface area contributed by atoms with Gasteiger partial charge in [0.2, 0.25) is 17.7 Å². The summed E-state index contributed by atoms with van der Waals surface area (Å²) in [5.74, 6) is -11.2. The van der Waals surface area contributed by atoms with Gasteiger partial charge in [-0.15, -0.1) is 0 Å². The summed E-state index contributed by atoms with van der Waals surface area (Å²) in [5.41, 5.74) is 5.64. The Bertz CT molecular complexity index is 1800. The van der Waals surface area contributed by atoms with Gasteiger partial charge in [-0.25, -0.2) is 4.39 Å². The predicted octanol–water partition coefficient (Wildman–Crippen LogP) is 2.43. The number of carboxylic acids is 2. The van der Waals surface area contributed by atoms with E-state index in [1.807, 2.05) is 0 Å². The molecule has 0 saturated heterocycles. The molecule has 17 nitrogen and oxygen atoms in total. The van der Waals surface area contributed by atoms with Crippen LogP contribution in [0.2, 0.25) is 0 Å². The van der Waals surface area contributed by atoms with Gasteiger partial charge in [-0.3, -0.25) is 53.3 Å². The van der Waals surface area contributed by atoms with E-state index in [-0.39, 0.29) is 44.2 Å². The van der Waals surface area contributed by atoms with Gasteiger partial charge in [-0.2, -0.15) is 0 Å². The Morgan fingerprint density at radius 3 is 1.95 bits per heavy atom. The number of nitro groups is 1. The van der Waals surface area contributed by atoms with Gasteiger partial charge < -0.3 is 26.6 Å². The molecule has 302 valence electrons. The van der Waals surface area contributed by atoms with Crippen LogP contribution in [0.4, 0.5) is 10.1 Å². The number of nitrogens with one attached hydrogen (secondary N) is 2. The predicted molar refractivity (Wildman–Crippen MR) is 194 cm³/mol. The molecule has 0 unspecified atom stereocenters. The zero-order chi connectivity index (χ0) is 41.9. The number of amides is 3. The van der Waals surface area contributed by atoms with Crippen molar-refractivity contribution in [3.8, 4) is 0 Å². The summed E-state index contributed by atoms with van der Waals surface area (Å²) in [4.78, 5) is 122. The molecule has 3 amide bonds. The van der Waals surface area contributed by atoms with E-state index in [9.17, 15) is 57.7 Å². The Labute approximate surface area is 320 Å². The standard InChI is InChI=1S/C38H45FN4O13/c1-22(44)25(8-13-35(49)50)20-33(47)32(17-23-5-9-29(10-6-23)43(55)56)42-38(54)27(15-24-3-2-4-28(39)16-24)19-31(46)21-41-37(53)26(7-12-34(40)48)18-30(45)11-14-36(51)52/h2-6,9-10,16,25-27,32H,7-8,11-15,17-21H2,1H3,(H2,40,48)(H,41,53)(H,42,54)(H,49,50)(H,51,52)/t25-,26-,27-,32+/m1/s1. The molecule has 2 aromatic carbocycles. The van der Waals surface area contributed by atoms with E-state index in [1.165, 1.54) is 43.3 Å². The maximum atomic E-state index is 14.1. The fourth-order valence-electron chi connectivity index (χ4n) is 5.80. The van der Waals surface area contributed by atoms with E-state index < -0.39 is 126 Å². The molecule has 2 aromatic rings. The quantitative estimate of drug-likeness (QED) is 0.0643. The molecule has 0 aromatic heterocycles. The number of nitrogens with zero attached hydrogens (tertiary/aromatic N) is 1. The molecule has 56 heavy (non-hydrogen) atoms. The van der Waals surface area contributed by atoms with Crippen LogP contribution in [0, 0.1) is 33.7 Å². The van der Waals surface area contributed by atoms with Crippen molar-refractivity contribution in [2.45, 2.75) is 83.6 Å². The number of benzene rings is 2. The number of nitro benzene ring substituents is 1. The molecule has 0 fully saturated rings. The first-order valence-corrected chi connectivity index (χ1v) is 17.7. The van der Waals surface area contributed by atoms with Gasteiger partial charge in [0.05, 0.1) is 23.9 Å². The summed E-state index contributed by atoms with van der Waals surface area (Å²) < 4.78 is 14.1. The number of hydrogen-bond donors (Lipinski definition) is 5. The molecule has 18 heteroatoms. The number of halogens is 1. The number of nitrogens with two attached hydrogens (primary N) is 1. The number of aliphatic carboxylic acids is 2. The average molecular weight is 785 g/mol. The Balaban J connectivity index is 2.34. The van der Waals surface area contributed by atoms with Crippen molar-refractivity contribution < 1.29 is 62.7 Å². The number of non-ortho nitro benzene ring substituents is 1. The van der Waals surface area contributed by atoms with Gasteiger partial charge in [-0.1, -0.05) is 24.3 Å². The van der Waals surface area contributed by atoms with Crippen LogP contribution in [-0.2, 0) is 56.0 Å². The largest absolute Gasteiger partial charge is 0.481 e. The van der Waals surface area contributed by atoms with Crippen molar-refractivity contribution in [2.75, 3.05) is 6.54 Å². The summed E-state index contributed by atoms with van der Waals surface area (Å²) in [5, 5.41) is 34.1. The van der Waals surface area contributed by atoms with Crippen LogP contribution in [0.3, 0.4) is 0 Å². The normalized spacial score (nSPS) is 13.0. The van der Waals surface area contributed by atoms with Gasteiger partial charge in [-0.05, 0) is 55.9 Å². The monoisotopic (exact) mass is 784 g/mol. The van der Waals surface area contributed by atoms with Gasteiger partial charge in [0.25, 0.3) is 5.69 Å². The third-order valence-electron chi connectivity index (χ3n) is 8.90. The minimum atomic E-state index is -1.36. The van der Waals surface area contributed by atoms with Crippen molar-refractivity contribution in [1.82, 2.24) is 10.6 Å². The summed E-state index contributed by atoms with van der Waals surface area (Å²) in [6.45, 7) is 0.553. The molecule has 0 radical (unpaired) electrons. The lowest BCUT2D eigenvalue weighted by atomic mass is 9.88. The first kappa shape index (κ1) is 46.0. The minimum absolute atomic E-state index is 0.156. The smallest absolute Gasteiger partial charge is 0.303 e. The number of rotatable bonds is 27. The zero-order valence-corrected chi connectivity index (χ0v) is 30.7. The highest BCUT2D eigenvalue weighted by atomic mass is 19.1. The maximum Gasteiger partial charge on any atom is 0.303 e. The molecule has 0 spiro atoms. The van der Waals surface area contributed by atoms with E-state index in [1.54, 1.807) is 0 Å². The second kappa shape index (κ2) is 22.9. The molecule has 2 rings (SSSR count). The molecule has 0 saturated carbocycles. The molecular weight excluding hydrogens is 739 g/mol. The average Bonchev–Trinajstić information content (AvgIpc) is 3.12. The van der Waals surface area contributed by atoms with Crippen LogP contribution in [0.5, 0.6) is 0 Å². The highest BCUT2D eigenvalue weighted by molar-refractivity contribution is 5.95. The maximum absolute atomic E-state index is 14.1. The summed E-state index contributed by atoms with van der Waals surface area (Å²) in [6, 6.07) is 8.93. The summed E-state index contributed by atoms with van der Waals surface area (Å²) in [7, 11) is 0. The van der Waals surface area contributed by atoms with E-state index in [0.29, 0.717) is 11.1 Å². The van der Waals surface area contributed by atoms with Gasteiger partial charge in [0.15, 0.2) is 11.6 Å². The Hall–Kier alpha value is -6.20. The number of hydrogen-bond acceptors (Lipinski definition) is 11. The fraction of sp³-hybridized carbons (Fsp3) is 0.447. The zero-order valence-electron chi connectivity index (χ0n) is 30.7. The van der Waals surface area contributed by atoms with E-state index in [4.69, 9.17) is 15.9 Å². The first-order chi connectivity index (χ1) is 26.3. The SMILES string of the molecule is CC(=O)[C@H](CCC(=O)O)CC(=O)[C@H](Cc1ccc([N+](=O)[O-])cc1)NC(=O)[C@@H](CC(=O)CNC(=O)[C@H](CCC(N)=O)CC(=O)CCC(=O)O)Cc1cccc(F)c1. The van der Waals surface area contributed by atoms with E-state index in [0.717, 1.165) is 12.1 Å². The molecule has 0 aliphatic rings. The fourth-order valence-corrected chi connectivity index (χ4v) is 5.80. The van der Waals surface area contributed by atoms with Crippen molar-refractivity contribution >= 4 is 58.5 Å². The van der Waals surface area contributed by atoms with E-state index >= 15 is 0 Å². The first-order valence-electron chi connectivity index (χ1n) is 17.7. The molecule has 6 N–H and O–H groups in total. The second-order valence-corrected chi connectivity index (χ2v) is 13.4. The van der Waals surface area contributed by atoms with Crippen LogP contribution in [0.1, 0.15) is 75.8 Å². The topological polar surface area (TPSA) is 287 Å². The van der Waals surface area contributed by atoms with Gasteiger partial charge >= 0.3 is 11.9 Å². The van der Waals surface area contributed by atoms with E-state index in [2.05, 4.69) is 10.6 Å². The van der Waals surface area contributed by atoms with Crippen LogP contribution in [0.25, 0.3) is 0 Å². The highest BCUT2D eigenvalue weighted by Crippen LogP contribution is 2.21. The van der Waals surface area contributed by atoms with Gasteiger partial charge in [0.1, 0.15) is 17.4 Å². The van der Waals surface area contributed by atoms with Crippen molar-refractivity contribution in [2.24, 2.45) is 23.5 Å². The number of carbonyl (C=O) groups excluding carboxylic acids is 7. The Kier molecular flexibility index (Phi) is 18.8. The molecule has 4 atom stereocenters. The number of carboxylic acid groups (broad SMARTS) is 2. The third-order valence-corrected chi connectivity index (χ3v) is 8.90. The summed E-state index contributed by atoms with van der Waals surface area (Å²) in [6.07, 6.45) is -3.67. The van der Waals surface area contributed by atoms with Crippen LogP contribution < -0.4 is 16.4 Å². The van der Waals surface area contributed by atoms with Crippen LogP contribution in [-0.4, -0.2) is 80.5 Å². The lowest BCUT2D eigenvalue weighted by Crippen LogP contribution is -2.47. The number of carbonyl (C=O) groups is 9. The highest BCUT2D eigenvalue weighted by Gasteiger charge is 2.31. The van der Waals surface area contributed by atoms with Crippen LogP contribution in [0.15, 0.2) is 48.5 Å². The molecule has 0 aliphatic carbocycles. The third kappa shape index (κ3) is 17.3. The molecule has 0 aliphatic heterocycles. The van der Waals surface area contributed by atoms with Crippen LogP contribution >= 0.6 is 0 Å². The lowest BCUT2D eigenvalue weighted by molar-refractivity contribution is -0.384. The number of primary amides is 1. The molecular formula is C38H45FN4O13. The summed E-state index contributed by atoms with van der Waals surface area (Å²) >= 11 is 0. The second-order valence-electron chi connectivity index (χ2n) is 13.4. The Morgan fingerprint density at radius 2 is 1.38 bits per heavy atom. The number of ketones is 4. The van der Waals surface area contributed by atoms with Gasteiger partial charge in [0, 0.05) is 68.4 Å². The number of Topliss-reactive ketones (excluding diaryl/α,β-unsaturated/α-hetero) is 4. The van der Waals surface area contributed by atoms with Crippen molar-refractivity contribution in [3.63, 3.8) is 0 Å². The Morgan fingerprint density at radius 1 is 0.750 bits per heavy atom. The van der Waals surface area contributed by atoms with Crippen molar-refractivity contribution in [3.05, 3.63) is 75.6 Å². The molecule has 0 heterocycles.